The number of amides is 1. The van der Waals surface area contributed by atoms with E-state index in [4.69, 9.17) is 9.15 Å². The van der Waals surface area contributed by atoms with Crippen LogP contribution in [0.5, 0.6) is 5.88 Å². The van der Waals surface area contributed by atoms with E-state index >= 15 is 0 Å². The lowest BCUT2D eigenvalue weighted by Gasteiger charge is -2.29. The van der Waals surface area contributed by atoms with Crippen LogP contribution in [0.1, 0.15) is 29.5 Å². The first-order chi connectivity index (χ1) is 10.7. The number of rotatable bonds is 7. The van der Waals surface area contributed by atoms with Gasteiger partial charge in [-0.1, -0.05) is 6.92 Å². The van der Waals surface area contributed by atoms with Gasteiger partial charge in [0.1, 0.15) is 11.3 Å². The molecule has 2 aromatic heterocycles. The molecule has 6 heteroatoms. The van der Waals surface area contributed by atoms with Crippen molar-refractivity contribution < 1.29 is 19.1 Å². The second kappa shape index (κ2) is 7.61. The summed E-state index contributed by atoms with van der Waals surface area (Å²) in [6, 6.07) is 6.60. The Morgan fingerprint density at radius 2 is 2.27 bits per heavy atom. The molecule has 0 bridgehead atoms. The van der Waals surface area contributed by atoms with Gasteiger partial charge in [-0.25, -0.2) is 4.98 Å². The first-order valence-corrected chi connectivity index (χ1v) is 7.14. The van der Waals surface area contributed by atoms with E-state index in [1.165, 1.54) is 7.11 Å². The standard InChI is InChI=1S/C16H20N2O4/c1-3-12(11-19)18(10-13-6-5-9-22-13)16(20)14-7-4-8-17-15(14)21-2/h4-9,12,19H,3,10-11H2,1-2H3/t12-/m1/s1. The van der Waals surface area contributed by atoms with Crippen LogP contribution in [0.25, 0.3) is 0 Å². The fourth-order valence-corrected chi connectivity index (χ4v) is 2.26. The van der Waals surface area contributed by atoms with E-state index < -0.39 is 0 Å². The number of pyridine rings is 1. The molecule has 0 aliphatic carbocycles. The predicted molar refractivity (Wildman–Crippen MR) is 80.5 cm³/mol. The Morgan fingerprint density at radius 3 is 2.86 bits per heavy atom. The molecule has 22 heavy (non-hydrogen) atoms. The molecule has 0 spiro atoms. The molecule has 0 fully saturated rings. The van der Waals surface area contributed by atoms with Crippen LogP contribution in [0.4, 0.5) is 0 Å². The summed E-state index contributed by atoms with van der Waals surface area (Å²) in [4.78, 5) is 18.5. The summed E-state index contributed by atoms with van der Waals surface area (Å²) in [5, 5.41) is 9.58. The lowest BCUT2D eigenvalue weighted by atomic mass is 10.1. The molecular weight excluding hydrogens is 284 g/mol. The Labute approximate surface area is 129 Å². The molecule has 0 saturated carbocycles. The van der Waals surface area contributed by atoms with Crippen LogP contribution < -0.4 is 4.74 Å². The van der Waals surface area contributed by atoms with E-state index in [-0.39, 0.29) is 31.0 Å². The van der Waals surface area contributed by atoms with Crippen LogP contribution in [0.3, 0.4) is 0 Å². The Kier molecular flexibility index (Phi) is 5.55. The molecule has 0 aliphatic heterocycles. The lowest BCUT2D eigenvalue weighted by Crippen LogP contribution is -2.41. The Hall–Kier alpha value is -2.34. The van der Waals surface area contributed by atoms with Crippen molar-refractivity contribution >= 4 is 5.91 Å². The van der Waals surface area contributed by atoms with Crippen molar-refractivity contribution in [2.24, 2.45) is 0 Å². The molecule has 1 amide bonds. The maximum atomic E-state index is 12.9. The first kappa shape index (κ1) is 16.0. The summed E-state index contributed by atoms with van der Waals surface area (Å²) in [5.41, 5.74) is 0.364. The second-order valence-corrected chi connectivity index (χ2v) is 4.82. The number of aliphatic hydroxyl groups excluding tert-OH is 1. The van der Waals surface area contributed by atoms with Crippen molar-refractivity contribution in [1.29, 1.82) is 0 Å². The highest BCUT2D eigenvalue weighted by Crippen LogP contribution is 2.20. The van der Waals surface area contributed by atoms with Gasteiger partial charge in [-0.2, -0.15) is 0 Å². The highest BCUT2D eigenvalue weighted by atomic mass is 16.5. The number of hydrogen-bond acceptors (Lipinski definition) is 5. The summed E-state index contributed by atoms with van der Waals surface area (Å²) in [7, 11) is 1.47. The molecule has 0 unspecified atom stereocenters. The third-order valence-electron chi connectivity index (χ3n) is 3.48. The average Bonchev–Trinajstić information content (AvgIpc) is 3.07. The molecule has 118 valence electrons. The lowest BCUT2D eigenvalue weighted by molar-refractivity contribution is 0.0541. The maximum absolute atomic E-state index is 12.9. The number of hydrogen-bond donors (Lipinski definition) is 1. The van der Waals surface area contributed by atoms with E-state index in [0.29, 0.717) is 17.7 Å². The van der Waals surface area contributed by atoms with Gasteiger partial charge in [0, 0.05) is 6.20 Å². The third-order valence-corrected chi connectivity index (χ3v) is 3.48. The molecule has 6 nitrogen and oxygen atoms in total. The topological polar surface area (TPSA) is 75.8 Å². The van der Waals surface area contributed by atoms with Gasteiger partial charge in [-0.15, -0.1) is 0 Å². The van der Waals surface area contributed by atoms with Crippen molar-refractivity contribution in [3.8, 4) is 5.88 Å². The summed E-state index contributed by atoms with van der Waals surface area (Å²) >= 11 is 0. The number of carbonyl (C=O) groups is 1. The largest absolute Gasteiger partial charge is 0.480 e. The Balaban J connectivity index is 2.32. The zero-order chi connectivity index (χ0) is 15.9. The zero-order valence-electron chi connectivity index (χ0n) is 12.7. The Morgan fingerprint density at radius 1 is 1.45 bits per heavy atom. The van der Waals surface area contributed by atoms with Crippen LogP contribution >= 0.6 is 0 Å². The Bertz CT molecular complexity index is 594. The van der Waals surface area contributed by atoms with E-state index in [0.717, 1.165) is 0 Å². The molecule has 2 aromatic rings. The van der Waals surface area contributed by atoms with Crippen LogP contribution in [0.2, 0.25) is 0 Å². The van der Waals surface area contributed by atoms with E-state index in [1.54, 1.807) is 41.6 Å². The smallest absolute Gasteiger partial charge is 0.260 e. The van der Waals surface area contributed by atoms with Gasteiger partial charge >= 0.3 is 0 Å². The van der Waals surface area contributed by atoms with Crippen LogP contribution in [-0.4, -0.2) is 40.7 Å². The monoisotopic (exact) mass is 304 g/mol. The van der Waals surface area contributed by atoms with Crippen molar-refractivity contribution in [3.05, 3.63) is 48.0 Å². The molecule has 0 saturated heterocycles. The predicted octanol–water partition coefficient (Wildman–Crippen LogP) is 2.10. The third kappa shape index (κ3) is 3.46. The van der Waals surface area contributed by atoms with E-state index in [9.17, 15) is 9.90 Å². The number of furan rings is 1. The summed E-state index contributed by atoms with van der Waals surface area (Å²) in [6.07, 6.45) is 3.75. The summed E-state index contributed by atoms with van der Waals surface area (Å²) in [6.45, 7) is 2.08. The zero-order valence-corrected chi connectivity index (χ0v) is 12.7. The van der Waals surface area contributed by atoms with Gasteiger partial charge < -0.3 is 19.2 Å². The van der Waals surface area contributed by atoms with E-state index in [1.807, 2.05) is 6.92 Å². The minimum absolute atomic E-state index is 0.120. The molecule has 0 aliphatic rings. The van der Waals surface area contributed by atoms with Crippen molar-refractivity contribution in [3.63, 3.8) is 0 Å². The van der Waals surface area contributed by atoms with Gasteiger partial charge in [0.2, 0.25) is 5.88 Å². The molecule has 1 atom stereocenters. The molecule has 1 N–H and O–H groups in total. The minimum Gasteiger partial charge on any atom is -0.480 e. The van der Waals surface area contributed by atoms with Crippen molar-refractivity contribution in [2.45, 2.75) is 25.9 Å². The molecular formula is C16H20N2O4. The highest BCUT2D eigenvalue weighted by molar-refractivity contribution is 5.96. The van der Waals surface area contributed by atoms with Crippen molar-refractivity contribution in [1.82, 2.24) is 9.88 Å². The SMILES string of the molecule is CC[C@H](CO)N(Cc1ccco1)C(=O)c1cccnc1OC. The van der Waals surface area contributed by atoms with Gasteiger partial charge in [0.15, 0.2) is 0 Å². The summed E-state index contributed by atoms with van der Waals surface area (Å²) in [5.74, 6) is 0.676. The normalized spacial score (nSPS) is 12.0. The molecule has 2 rings (SSSR count). The fraction of sp³-hybridized carbons (Fsp3) is 0.375. The van der Waals surface area contributed by atoms with Crippen LogP contribution in [0, 0.1) is 0 Å². The number of methoxy groups -OCH3 is 1. The number of carbonyl (C=O) groups excluding carboxylic acids is 1. The minimum atomic E-state index is -0.303. The van der Waals surface area contributed by atoms with Gasteiger partial charge in [0.25, 0.3) is 5.91 Å². The van der Waals surface area contributed by atoms with Crippen molar-refractivity contribution in [2.75, 3.05) is 13.7 Å². The van der Waals surface area contributed by atoms with Crippen LogP contribution in [-0.2, 0) is 6.54 Å². The van der Waals surface area contributed by atoms with E-state index in [2.05, 4.69) is 4.98 Å². The van der Waals surface area contributed by atoms with Crippen LogP contribution in [0.15, 0.2) is 41.1 Å². The molecule has 0 radical (unpaired) electrons. The number of aliphatic hydroxyl groups is 1. The first-order valence-electron chi connectivity index (χ1n) is 7.14. The number of nitrogens with zero attached hydrogens (tertiary/aromatic N) is 2. The average molecular weight is 304 g/mol. The second-order valence-electron chi connectivity index (χ2n) is 4.82. The summed E-state index contributed by atoms with van der Waals surface area (Å²) < 4.78 is 10.5. The number of ether oxygens (including phenoxy) is 1. The number of aromatic nitrogens is 1. The maximum Gasteiger partial charge on any atom is 0.260 e. The van der Waals surface area contributed by atoms with Gasteiger partial charge in [-0.05, 0) is 30.7 Å². The fourth-order valence-electron chi connectivity index (χ4n) is 2.26. The quantitative estimate of drug-likeness (QED) is 0.847. The molecule has 0 aromatic carbocycles. The molecule has 2 heterocycles. The van der Waals surface area contributed by atoms with Gasteiger partial charge in [-0.3, -0.25) is 4.79 Å². The highest BCUT2D eigenvalue weighted by Gasteiger charge is 2.26. The van der Waals surface area contributed by atoms with Gasteiger partial charge in [0.05, 0.1) is 32.6 Å².